The van der Waals surface area contributed by atoms with Gasteiger partial charge < -0.3 is 19.8 Å². The number of carbonyl (C=O) groups excluding carboxylic acids is 3. The Bertz CT molecular complexity index is 914. The first-order valence-corrected chi connectivity index (χ1v) is 9.42. The van der Waals surface area contributed by atoms with Crippen molar-refractivity contribution in [2.24, 2.45) is 5.73 Å². The Morgan fingerprint density at radius 2 is 1.90 bits per heavy atom. The highest BCUT2D eigenvalue weighted by Crippen LogP contribution is 2.32. The van der Waals surface area contributed by atoms with Crippen LogP contribution in [0.3, 0.4) is 0 Å². The van der Waals surface area contributed by atoms with Crippen molar-refractivity contribution >= 4 is 28.8 Å². The largest absolute Gasteiger partial charge is 0.463 e. The molecule has 9 nitrogen and oxygen atoms in total. The Hall–Kier alpha value is -3.27. The molecule has 2 aromatic rings. The highest BCUT2D eigenvalue weighted by atomic mass is 19.1. The standard InChI is InChI=1S/C18H19FN2O5.C2H5NO/c1-2-24-16(22)5-6-17(23)26-21-9-7-12(8-10-21)18-14-4-3-13(19)11-15(14)25-20-18;1-2(3)4/h3-6,11-12H,2,7-10H2,1H3;1H3,(H2,3,4)/b6-5+;. The quantitative estimate of drug-likeness (QED) is 0.575. The van der Waals surface area contributed by atoms with E-state index in [-0.39, 0.29) is 24.2 Å². The number of aromatic nitrogens is 1. The molecule has 1 aliphatic heterocycles. The predicted molar refractivity (Wildman–Crippen MR) is 104 cm³/mol. The molecule has 0 saturated carbocycles. The molecule has 1 fully saturated rings. The lowest BCUT2D eigenvalue weighted by atomic mass is 9.92. The molecule has 30 heavy (non-hydrogen) atoms. The SMILES string of the molecule is CC(N)=O.CCOC(=O)/C=C/C(=O)ON1CCC(c2noc3cc(F)ccc23)CC1. The first-order chi connectivity index (χ1) is 14.3. The van der Waals surface area contributed by atoms with Gasteiger partial charge in [0.25, 0.3) is 0 Å². The average molecular weight is 421 g/mol. The van der Waals surface area contributed by atoms with Gasteiger partial charge in [0.1, 0.15) is 5.82 Å². The zero-order valence-electron chi connectivity index (χ0n) is 16.8. The number of rotatable bonds is 5. The number of amides is 1. The lowest BCUT2D eigenvalue weighted by Gasteiger charge is -2.29. The van der Waals surface area contributed by atoms with E-state index in [1.54, 1.807) is 18.1 Å². The second kappa shape index (κ2) is 11.1. The minimum atomic E-state index is -0.626. The number of halogens is 1. The maximum atomic E-state index is 13.2. The number of piperidine rings is 1. The van der Waals surface area contributed by atoms with Crippen molar-refractivity contribution in [2.75, 3.05) is 19.7 Å². The van der Waals surface area contributed by atoms with Gasteiger partial charge in [-0.2, -0.15) is 0 Å². The summed E-state index contributed by atoms with van der Waals surface area (Å²) in [6.07, 6.45) is 3.52. The maximum absolute atomic E-state index is 13.2. The summed E-state index contributed by atoms with van der Waals surface area (Å²) in [5, 5.41) is 6.44. The van der Waals surface area contributed by atoms with E-state index in [1.807, 2.05) is 0 Å². The van der Waals surface area contributed by atoms with E-state index in [4.69, 9.17) is 14.1 Å². The van der Waals surface area contributed by atoms with E-state index in [2.05, 4.69) is 10.9 Å². The fraction of sp³-hybridized carbons (Fsp3) is 0.400. The van der Waals surface area contributed by atoms with Crippen LogP contribution >= 0.6 is 0 Å². The zero-order valence-corrected chi connectivity index (χ0v) is 16.8. The molecule has 0 radical (unpaired) electrons. The number of hydroxylamine groups is 2. The minimum absolute atomic E-state index is 0.145. The number of ether oxygens (including phenoxy) is 1. The van der Waals surface area contributed by atoms with E-state index in [9.17, 15) is 18.8 Å². The minimum Gasteiger partial charge on any atom is -0.463 e. The first-order valence-electron chi connectivity index (χ1n) is 9.42. The molecule has 1 saturated heterocycles. The third-order valence-corrected chi connectivity index (χ3v) is 4.16. The second-order valence-corrected chi connectivity index (χ2v) is 6.52. The van der Waals surface area contributed by atoms with Crippen molar-refractivity contribution in [3.05, 3.63) is 41.9 Å². The number of benzene rings is 1. The molecule has 162 valence electrons. The van der Waals surface area contributed by atoms with Gasteiger partial charge in [-0.25, -0.2) is 14.0 Å². The van der Waals surface area contributed by atoms with E-state index >= 15 is 0 Å². The van der Waals surface area contributed by atoms with Crippen LogP contribution in [0.2, 0.25) is 0 Å². The molecule has 0 unspecified atom stereocenters. The summed E-state index contributed by atoms with van der Waals surface area (Å²) in [6.45, 7) is 4.29. The van der Waals surface area contributed by atoms with Gasteiger partial charge in [0, 0.05) is 49.5 Å². The van der Waals surface area contributed by atoms with Crippen molar-refractivity contribution in [3.63, 3.8) is 0 Å². The molecule has 2 N–H and O–H groups in total. The summed E-state index contributed by atoms with van der Waals surface area (Å²) in [6, 6.07) is 4.37. The van der Waals surface area contributed by atoms with Crippen molar-refractivity contribution in [1.29, 1.82) is 0 Å². The summed E-state index contributed by atoms with van der Waals surface area (Å²) in [7, 11) is 0. The molecule has 0 aliphatic carbocycles. The van der Waals surface area contributed by atoms with Gasteiger partial charge in [-0.05, 0) is 31.9 Å². The van der Waals surface area contributed by atoms with Gasteiger partial charge in [-0.3, -0.25) is 4.79 Å². The van der Waals surface area contributed by atoms with Crippen LogP contribution in [0.15, 0.2) is 34.9 Å². The van der Waals surface area contributed by atoms with Crippen molar-refractivity contribution in [2.45, 2.75) is 32.6 Å². The molecule has 3 rings (SSSR count). The van der Waals surface area contributed by atoms with Crippen LogP contribution in [0.1, 0.15) is 38.3 Å². The highest BCUT2D eigenvalue weighted by molar-refractivity contribution is 5.91. The Balaban J connectivity index is 0.000000735. The molecule has 1 aromatic heterocycles. The smallest absolute Gasteiger partial charge is 0.349 e. The predicted octanol–water partition coefficient (Wildman–Crippen LogP) is 2.22. The van der Waals surface area contributed by atoms with E-state index in [1.165, 1.54) is 19.1 Å². The van der Waals surface area contributed by atoms with Gasteiger partial charge in [0.05, 0.1) is 12.3 Å². The lowest BCUT2D eigenvalue weighted by Crippen LogP contribution is -2.34. The highest BCUT2D eigenvalue weighted by Gasteiger charge is 2.26. The van der Waals surface area contributed by atoms with Crippen LogP contribution in [0.25, 0.3) is 11.0 Å². The van der Waals surface area contributed by atoms with Gasteiger partial charge in [0.2, 0.25) is 5.91 Å². The molecule has 1 aromatic carbocycles. The van der Waals surface area contributed by atoms with Crippen molar-refractivity contribution < 1.29 is 32.9 Å². The van der Waals surface area contributed by atoms with Gasteiger partial charge in [-0.1, -0.05) is 5.16 Å². The molecular formula is C20H24FN3O6. The molecule has 2 heterocycles. The second-order valence-electron chi connectivity index (χ2n) is 6.52. The van der Waals surface area contributed by atoms with Gasteiger partial charge >= 0.3 is 11.9 Å². The molecular weight excluding hydrogens is 397 g/mol. The Labute approximate surface area is 172 Å². The summed E-state index contributed by atoms with van der Waals surface area (Å²) < 4.78 is 23.1. The van der Waals surface area contributed by atoms with Crippen LogP contribution in [0.5, 0.6) is 0 Å². The number of hydrogen-bond donors (Lipinski definition) is 1. The maximum Gasteiger partial charge on any atom is 0.349 e. The summed E-state index contributed by atoms with van der Waals surface area (Å²) in [5.74, 6) is -1.76. The number of primary amides is 1. The van der Waals surface area contributed by atoms with Crippen LogP contribution < -0.4 is 5.73 Å². The number of fused-ring (bicyclic) bond motifs is 1. The number of hydrogen-bond acceptors (Lipinski definition) is 8. The van der Waals surface area contributed by atoms with Gasteiger partial charge in [0.15, 0.2) is 5.58 Å². The molecule has 0 spiro atoms. The van der Waals surface area contributed by atoms with Crippen molar-refractivity contribution in [3.8, 4) is 0 Å². The van der Waals surface area contributed by atoms with Crippen molar-refractivity contribution in [1.82, 2.24) is 10.2 Å². The zero-order chi connectivity index (χ0) is 22.1. The molecule has 0 atom stereocenters. The monoisotopic (exact) mass is 421 g/mol. The molecule has 1 aliphatic rings. The molecule has 0 bridgehead atoms. The van der Waals surface area contributed by atoms with Crippen LogP contribution in [-0.4, -0.2) is 47.8 Å². The molecule has 10 heteroatoms. The number of esters is 1. The average Bonchev–Trinajstić information content (AvgIpc) is 3.10. The van der Waals surface area contributed by atoms with Crippen LogP contribution in [0.4, 0.5) is 4.39 Å². The van der Waals surface area contributed by atoms with E-state index < -0.39 is 11.9 Å². The third-order valence-electron chi connectivity index (χ3n) is 4.16. The number of carbonyl (C=O) groups is 3. The Morgan fingerprint density at radius 1 is 1.27 bits per heavy atom. The summed E-state index contributed by atoms with van der Waals surface area (Å²) in [4.78, 5) is 37.3. The number of nitrogens with zero attached hydrogens (tertiary/aromatic N) is 2. The topological polar surface area (TPSA) is 125 Å². The first kappa shape index (κ1) is 23.0. The fourth-order valence-electron chi connectivity index (χ4n) is 2.93. The van der Waals surface area contributed by atoms with Crippen LogP contribution in [0, 0.1) is 5.82 Å². The fourth-order valence-corrected chi connectivity index (χ4v) is 2.93. The Kier molecular flexibility index (Phi) is 8.48. The third kappa shape index (κ3) is 6.96. The van der Waals surface area contributed by atoms with Gasteiger partial charge in [-0.15, -0.1) is 5.06 Å². The van der Waals surface area contributed by atoms with Crippen LogP contribution in [-0.2, 0) is 24.0 Å². The summed E-state index contributed by atoms with van der Waals surface area (Å²) in [5.41, 5.74) is 5.70. The summed E-state index contributed by atoms with van der Waals surface area (Å²) >= 11 is 0. The normalized spacial score (nSPS) is 14.9. The Morgan fingerprint density at radius 3 is 2.53 bits per heavy atom. The number of nitrogens with two attached hydrogens (primary N) is 1. The van der Waals surface area contributed by atoms with E-state index in [0.29, 0.717) is 31.5 Å². The lowest BCUT2D eigenvalue weighted by molar-refractivity contribution is -0.189. The van der Waals surface area contributed by atoms with E-state index in [0.717, 1.165) is 23.2 Å². The molecule has 1 amide bonds.